The molecule has 25 heavy (non-hydrogen) atoms. The zero-order valence-electron chi connectivity index (χ0n) is 15.1. The van der Waals surface area contributed by atoms with Gasteiger partial charge in [0.05, 0.1) is 5.41 Å². The van der Waals surface area contributed by atoms with E-state index in [0.29, 0.717) is 18.6 Å². The van der Waals surface area contributed by atoms with Crippen LogP contribution in [-0.4, -0.2) is 29.3 Å². The summed E-state index contributed by atoms with van der Waals surface area (Å²) in [5.41, 5.74) is 2.31. The van der Waals surface area contributed by atoms with Crippen molar-refractivity contribution in [2.45, 2.75) is 40.5 Å². The Morgan fingerprint density at radius 2 is 1.96 bits per heavy atom. The molecule has 6 nitrogen and oxygen atoms in total. The van der Waals surface area contributed by atoms with Crippen molar-refractivity contribution in [1.82, 2.24) is 10.4 Å². The van der Waals surface area contributed by atoms with E-state index in [1.807, 2.05) is 45.9 Å². The molecule has 2 aliphatic rings. The number of hydrazine groups is 1. The SMILES string of the molecule is Cc1ccccc1OCC(=O)NN1C(=O)C2CCC(C)(C1=O)C2(C)C. The van der Waals surface area contributed by atoms with E-state index >= 15 is 0 Å². The first kappa shape index (κ1) is 17.5. The fraction of sp³-hybridized carbons (Fsp3) is 0.526. The van der Waals surface area contributed by atoms with Crippen LogP contribution in [0.5, 0.6) is 5.75 Å². The van der Waals surface area contributed by atoms with E-state index in [4.69, 9.17) is 4.74 Å². The Bertz CT molecular complexity index is 743. The van der Waals surface area contributed by atoms with Crippen LogP contribution in [0.4, 0.5) is 0 Å². The van der Waals surface area contributed by atoms with Crippen molar-refractivity contribution in [3.05, 3.63) is 29.8 Å². The summed E-state index contributed by atoms with van der Waals surface area (Å²) in [6.07, 6.45) is 1.32. The van der Waals surface area contributed by atoms with Gasteiger partial charge in [0.1, 0.15) is 5.75 Å². The smallest absolute Gasteiger partial charge is 0.276 e. The molecule has 0 spiro atoms. The summed E-state index contributed by atoms with van der Waals surface area (Å²) in [5.74, 6) is -0.836. The van der Waals surface area contributed by atoms with Crippen molar-refractivity contribution < 1.29 is 19.1 Å². The van der Waals surface area contributed by atoms with Crippen LogP contribution in [0.2, 0.25) is 0 Å². The van der Waals surface area contributed by atoms with Gasteiger partial charge in [-0.1, -0.05) is 39.0 Å². The summed E-state index contributed by atoms with van der Waals surface area (Å²) in [6, 6.07) is 7.35. The summed E-state index contributed by atoms with van der Waals surface area (Å²) in [4.78, 5) is 37.7. The fourth-order valence-corrected chi connectivity index (χ4v) is 3.94. The van der Waals surface area contributed by atoms with Gasteiger partial charge in [-0.15, -0.1) is 0 Å². The molecule has 1 aliphatic carbocycles. The lowest BCUT2D eigenvalue weighted by Gasteiger charge is -2.47. The van der Waals surface area contributed by atoms with Gasteiger partial charge in [0.15, 0.2) is 6.61 Å². The normalized spacial score (nSPS) is 27.4. The lowest BCUT2D eigenvalue weighted by molar-refractivity contribution is -0.174. The van der Waals surface area contributed by atoms with Crippen molar-refractivity contribution in [1.29, 1.82) is 0 Å². The maximum absolute atomic E-state index is 12.8. The third-order valence-electron chi connectivity index (χ3n) is 6.11. The number of nitrogens with zero attached hydrogens (tertiary/aromatic N) is 1. The van der Waals surface area contributed by atoms with E-state index in [9.17, 15) is 14.4 Å². The van der Waals surface area contributed by atoms with E-state index in [1.165, 1.54) is 0 Å². The quantitative estimate of drug-likeness (QED) is 0.850. The molecule has 1 saturated carbocycles. The van der Waals surface area contributed by atoms with Crippen LogP contribution in [0, 0.1) is 23.7 Å². The van der Waals surface area contributed by atoms with Crippen molar-refractivity contribution in [3.8, 4) is 5.75 Å². The molecule has 0 radical (unpaired) electrons. The molecule has 3 rings (SSSR count). The number of benzene rings is 1. The Morgan fingerprint density at radius 1 is 1.28 bits per heavy atom. The molecule has 0 aromatic heterocycles. The van der Waals surface area contributed by atoms with Crippen LogP contribution < -0.4 is 10.2 Å². The van der Waals surface area contributed by atoms with Crippen LogP contribution in [0.1, 0.15) is 39.2 Å². The number of nitrogens with one attached hydrogen (secondary N) is 1. The number of rotatable bonds is 4. The van der Waals surface area contributed by atoms with Crippen molar-refractivity contribution in [2.24, 2.45) is 16.7 Å². The highest BCUT2D eigenvalue weighted by Crippen LogP contribution is 2.59. The minimum absolute atomic E-state index is 0.257. The number of hydrogen-bond acceptors (Lipinski definition) is 4. The third-order valence-corrected chi connectivity index (χ3v) is 6.11. The molecule has 2 bridgehead atoms. The van der Waals surface area contributed by atoms with Gasteiger partial charge >= 0.3 is 0 Å². The van der Waals surface area contributed by atoms with Crippen molar-refractivity contribution in [2.75, 3.05) is 6.61 Å². The van der Waals surface area contributed by atoms with E-state index in [2.05, 4.69) is 5.43 Å². The van der Waals surface area contributed by atoms with Gasteiger partial charge < -0.3 is 4.74 Å². The Hall–Kier alpha value is -2.37. The maximum atomic E-state index is 12.8. The number of para-hydroxylation sites is 1. The highest BCUT2D eigenvalue weighted by Gasteiger charge is 2.64. The maximum Gasteiger partial charge on any atom is 0.276 e. The van der Waals surface area contributed by atoms with Gasteiger partial charge in [-0.2, -0.15) is 5.01 Å². The Labute approximate surface area is 147 Å². The van der Waals surface area contributed by atoms with Crippen LogP contribution in [0.3, 0.4) is 0 Å². The number of fused-ring (bicyclic) bond motifs is 2. The van der Waals surface area contributed by atoms with Crippen LogP contribution in [0.15, 0.2) is 24.3 Å². The Balaban J connectivity index is 1.69. The van der Waals surface area contributed by atoms with E-state index in [1.54, 1.807) is 6.07 Å². The Morgan fingerprint density at radius 3 is 2.64 bits per heavy atom. The molecule has 6 heteroatoms. The first-order valence-corrected chi connectivity index (χ1v) is 8.55. The molecule has 3 amide bonds. The van der Waals surface area contributed by atoms with Gasteiger partial charge in [-0.25, -0.2) is 0 Å². The predicted octanol–water partition coefficient (Wildman–Crippen LogP) is 2.22. The molecule has 1 N–H and O–H groups in total. The standard InChI is InChI=1S/C19H24N2O4/c1-12-7-5-6-8-14(12)25-11-15(22)20-21-16(23)13-9-10-19(4,17(21)24)18(13,2)3/h5-8,13H,9-11H2,1-4H3,(H,20,22). The summed E-state index contributed by atoms with van der Waals surface area (Å²) in [7, 11) is 0. The molecular weight excluding hydrogens is 320 g/mol. The first-order chi connectivity index (χ1) is 11.7. The molecule has 1 aromatic rings. The number of imide groups is 1. The number of carbonyl (C=O) groups excluding carboxylic acids is 3. The lowest BCUT2D eigenvalue weighted by Crippen LogP contribution is -2.64. The first-order valence-electron chi connectivity index (χ1n) is 8.55. The lowest BCUT2D eigenvalue weighted by atomic mass is 9.63. The summed E-state index contributed by atoms with van der Waals surface area (Å²) in [6.45, 7) is 7.42. The second-order valence-electron chi connectivity index (χ2n) is 7.71. The van der Waals surface area contributed by atoms with Gasteiger partial charge in [-0.05, 0) is 36.8 Å². The summed E-state index contributed by atoms with van der Waals surface area (Å²) in [5, 5.41) is 0.909. The molecule has 2 atom stereocenters. The van der Waals surface area contributed by atoms with Crippen LogP contribution in [0.25, 0.3) is 0 Å². The molecule has 2 fully saturated rings. The highest BCUT2D eigenvalue weighted by atomic mass is 16.5. The van der Waals surface area contributed by atoms with E-state index in [-0.39, 0.29) is 24.3 Å². The third kappa shape index (κ3) is 2.60. The number of hydrogen-bond donors (Lipinski definition) is 1. The molecule has 1 saturated heterocycles. The van der Waals surface area contributed by atoms with Gasteiger partial charge in [0, 0.05) is 5.92 Å². The Kier molecular flexibility index (Phi) is 4.09. The largest absolute Gasteiger partial charge is 0.483 e. The number of ether oxygens (including phenoxy) is 1. The minimum Gasteiger partial charge on any atom is -0.483 e. The van der Waals surface area contributed by atoms with E-state index in [0.717, 1.165) is 10.6 Å². The molecule has 1 aliphatic heterocycles. The predicted molar refractivity (Wildman–Crippen MR) is 91.3 cm³/mol. The number of aryl methyl sites for hydroxylation is 1. The highest BCUT2D eigenvalue weighted by molar-refractivity contribution is 6.05. The molecule has 134 valence electrons. The molecular formula is C19H24N2O4. The second kappa shape index (κ2) is 5.86. The van der Waals surface area contributed by atoms with Crippen molar-refractivity contribution in [3.63, 3.8) is 0 Å². The average molecular weight is 344 g/mol. The number of piperidine rings is 1. The topological polar surface area (TPSA) is 75.7 Å². The van der Waals surface area contributed by atoms with Crippen LogP contribution in [-0.2, 0) is 14.4 Å². The fourth-order valence-electron chi connectivity index (χ4n) is 3.94. The zero-order chi connectivity index (χ0) is 18.4. The minimum atomic E-state index is -0.643. The second-order valence-corrected chi connectivity index (χ2v) is 7.71. The van der Waals surface area contributed by atoms with Gasteiger partial charge in [-0.3, -0.25) is 19.8 Å². The van der Waals surface area contributed by atoms with Crippen molar-refractivity contribution >= 4 is 17.7 Å². The van der Waals surface area contributed by atoms with E-state index < -0.39 is 16.7 Å². The zero-order valence-corrected chi connectivity index (χ0v) is 15.1. The van der Waals surface area contributed by atoms with Gasteiger partial charge in [0.25, 0.3) is 17.7 Å². The molecule has 1 aromatic carbocycles. The average Bonchev–Trinajstić information content (AvgIpc) is 2.75. The van der Waals surface area contributed by atoms with Crippen LogP contribution >= 0.6 is 0 Å². The summed E-state index contributed by atoms with van der Waals surface area (Å²) < 4.78 is 5.48. The molecule has 2 unspecified atom stereocenters. The molecule has 1 heterocycles. The monoisotopic (exact) mass is 344 g/mol. The number of carbonyl (C=O) groups is 3. The number of amides is 3. The summed E-state index contributed by atoms with van der Waals surface area (Å²) >= 11 is 0. The van der Waals surface area contributed by atoms with Gasteiger partial charge in [0.2, 0.25) is 0 Å².